The van der Waals surface area contributed by atoms with E-state index in [9.17, 15) is 5.11 Å². The Labute approximate surface area is 129 Å². The van der Waals surface area contributed by atoms with Gasteiger partial charge in [-0.3, -0.25) is 5.10 Å². The van der Waals surface area contributed by atoms with Gasteiger partial charge in [0.1, 0.15) is 0 Å². The summed E-state index contributed by atoms with van der Waals surface area (Å²) in [7, 11) is 1.49. The molecule has 0 radical (unpaired) electrons. The molecule has 0 aliphatic rings. The number of rotatable bonds is 4. The zero-order valence-corrected chi connectivity index (χ0v) is 13.3. The molecule has 1 heterocycles. The number of phenolic OH excluding ortho intramolecular Hbond substituents is 1. The number of H-pyrrole nitrogens is 1. The molecule has 0 bridgehead atoms. The zero-order valence-electron chi connectivity index (χ0n) is 10.9. The predicted molar refractivity (Wildman–Crippen MR) is 82.1 cm³/mol. The fourth-order valence-corrected chi connectivity index (χ4v) is 2.29. The molecule has 2 N–H and O–H groups in total. The average molecular weight is 357 g/mol. The maximum atomic E-state index is 10.0. The van der Waals surface area contributed by atoms with Crippen LogP contribution in [-0.4, -0.2) is 33.3 Å². The van der Waals surface area contributed by atoms with Crippen molar-refractivity contribution in [3.8, 4) is 11.5 Å². The summed E-state index contributed by atoms with van der Waals surface area (Å²) < 4.78 is 7.78. The normalized spacial score (nSPS) is 11.2. The molecule has 0 atom stereocenters. The number of aromatic hydroxyl groups is 1. The Bertz CT molecular complexity index is 708. The number of phenols is 1. The zero-order chi connectivity index (χ0) is 14.7. The Kier molecular flexibility index (Phi) is 4.56. The second kappa shape index (κ2) is 6.19. The van der Waals surface area contributed by atoms with Gasteiger partial charge >= 0.3 is 0 Å². The van der Waals surface area contributed by atoms with E-state index in [1.165, 1.54) is 18.0 Å². The van der Waals surface area contributed by atoms with Gasteiger partial charge in [0.15, 0.2) is 17.3 Å². The summed E-state index contributed by atoms with van der Waals surface area (Å²) in [6.45, 7) is 1.95. The van der Waals surface area contributed by atoms with Crippen LogP contribution >= 0.6 is 28.1 Å². The minimum Gasteiger partial charge on any atom is -0.504 e. The van der Waals surface area contributed by atoms with E-state index in [4.69, 9.17) is 17.0 Å². The van der Waals surface area contributed by atoms with E-state index in [1.807, 2.05) is 6.92 Å². The lowest BCUT2D eigenvalue weighted by Crippen LogP contribution is -1.98. The lowest BCUT2D eigenvalue weighted by molar-refractivity contribution is 0.373. The molecule has 8 heteroatoms. The molecule has 106 valence electrons. The molecule has 0 fully saturated rings. The molecule has 2 rings (SSSR count). The molecule has 6 nitrogen and oxygen atoms in total. The molecule has 20 heavy (non-hydrogen) atoms. The van der Waals surface area contributed by atoms with Crippen molar-refractivity contribution in [2.24, 2.45) is 5.10 Å². The quantitative estimate of drug-likeness (QED) is 0.652. The molecule has 0 spiro atoms. The van der Waals surface area contributed by atoms with E-state index in [0.29, 0.717) is 28.3 Å². The molecule has 0 saturated carbocycles. The second-order valence-corrected chi connectivity index (χ2v) is 5.20. The highest BCUT2D eigenvalue weighted by Crippen LogP contribution is 2.32. The number of hydrogen-bond donors (Lipinski definition) is 2. The van der Waals surface area contributed by atoms with Crippen molar-refractivity contribution >= 4 is 34.4 Å². The Balaban J connectivity index is 2.44. The summed E-state index contributed by atoms with van der Waals surface area (Å²) in [5, 5.41) is 21.0. The van der Waals surface area contributed by atoms with Crippen LogP contribution in [0.1, 0.15) is 18.3 Å². The molecule has 1 aromatic carbocycles. The standard InChI is InChI=1S/C12H13BrN4O2S/c1-3-10-15-16-12(20)17(10)14-6-7-4-8(13)5-9(19-2)11(7)18/h4-6,18H,3H2,1-2H3,(H,16,20)/b14-6+. The first-order chi connectivity index (χ1) is 9.56. The Hall–Kier alpha value is -1.67. The maximum Gasteiger partial charge on any atom is 0.216 e. The van der Waals surface area contributed by atoms with E-state index in [0.717, 1.165) is 4.47 Å². The largest absolute Gasteiger partial charge is 0.504 e. The summed E-state index contributed by atoms with van der Waals surface area (Å²) in [5.74, 6) is 1.10. The van der Waals surface area contributed by atoms with Crippen molar-refractivity contribution in [2.75, 3.05) is 7.11 Å². The van der Waals surface area contributed by atoms with E-state index in [1.54, 1.807) is 12.1 Å². The Morgan fingerprint density at radius 3 is 3.00 bits per heavy atom. The van der Waals surface area contributed by atoms with Gasteiger partial charge in [0.2, 0.25) is 4.77 Å². The van der Waals surface area contributed by atoms with E-state index in [2.05, 4.69) is 31.2 Å². The molecular weight excluding hydrogens is 344 g/mol. The summed E-state index contributed by atoms with van der Waals surface area (Å²) in [4.78, 5) is 0. The maximum absolute atomic E-state index is 10.0. The lowest BCUT2D eigenvalue weighted by Gasteiger charge is -2.06. The Morgan fingerprint density at radius 2 is 2.35 bits per heavy atom. The van der Waals surface area contributed by atoms with Gasteiger partial charge in [0.05, 0.1) is 13.3 Å². The van der Waals surface area contributed by atoms with Gasteiger partial charge in [0.25, 0.3) is 0 Å². The number of aromatic amines is 1. The van der Waals surface area contributed by atoms with Crippen molar-refractivity contribution < 1.29 is 9.84 Å². The summed E-state index contributed by atoms with van der Waals surface area (Å²) in [6, 6.07) is 3.41. The molecular formula is C12H13BrN4O2S. The van der Waals surface area contributed by atoms with Gasteiger partial charge in [-0.1, -0.05) is 22.9 Å². The highest BCUT2D eigenvalue weighted by Gasteiger charge is 2.09. The smallest absolute Gasteiger partial charge is 0.216 e. The highest BCUT2D eigenvalue weighted by molar-refractivity contribution is 9.10. The molecule has 0 amide bonds. The van der Waals surface area contributed by atoms with Gasteiger partial charge in [-0.2, -0.15) is 14.9 Å². The van der Waals surface area contributed by atoms with Gasteiger partial charge in [-0.25, -0.2) is 0 Å². The lowest BCUT2D eigenvalue weighted by atomic mass is 10.2. The summed E-state index contributed by atoms with van der Waals surface area (Å²) in [5.41, 5.74) is 0.515. The SMILES string of the molecule is CCc1n[nH]c(=S)n1/N=C/c1cc(Br)cc(OC)c1O. The third kappa shape index (κ3) is 2.91. The minimum absolute atomic E-state index is 0.0208. The predicted octanol–water partition coefficient (Wildman–Crippen LogP) is 2.86. The number of nitrogens with one attached hydrogen (secondary N) is 1. The van der Waals surface area contributed by atoms with Crippen LogP contribution in [0.3, 0.4) is 0 Å². The van der Waals surface area contributed by atoms with Crippen LogP contribution in [-0.2, 0) is 6.42 Å². The number of hydrogen-bond acceptors (Lipinski definition) is 5. The first-order valence-corrected chi connectivity index (χ1v) is 7.04. The van der Waals surface area contributed by atoms with Crippen LogP contribution in [0.15, 0.2) is 21.7 Å². The van der Waals surface area contributed by atoms with Crippen LogP contribution in [0.4, 0.5) is 0 Å². The van der Waals surface area contributed by atoms with Gasteiger partial charge < -0.3 is 9.84 Å². The number of nitrogens with zero attached hydrogens (tertiary/aromatic N) is 3. The van der Waals surface area contributed by atoms with E-state index >= 15 is 0 Å². The van der Waals surface area contributed by atoms with Gasteiger partial charge in [-0.05, 0) is 24.4 Å². The topological polar surface area (TPSA) is 75.4 Å². The number of aromatic nitrogens is 3. The molecule has 1 aromatic heterocycles. The number of methoxy groups -OCH3 is 1. The second-order valence-electron chi connectivity index (χ2n) is 3.90. The number of halogens is 1. The third-order valence-electron chi connectivity index (χ3n) is 2.64. The van der Waals surface area contributed by atoms with Crippen LogP contribution in [0.25, 0.3) is 0 Å². The molecule has 2 aromatic rings. The summed E-state index contributed by atoms with van der Waals surface area (Å²) in [6.07, 6.45) is 2.20. The van der Waals surface area contributed by atoms with Crippen molar-refractivity contribution in [1.29, 1.82) is 0 Å². The Morgan fingerprint density at radius 1 is 1.60 bits per heavy atom. The van der Waals surface area contributed by atoms with Crippen molar-refractivity contribution in [3.05, 3.63) is 32.8 Å². The van der Waals surface area contributed by atoms with Crippen molar-refractivity contribution in [1.82, 2.24) is 14.9 Å². The van der Waals surface area contributed by atoms with Crippen LogP contribution in [0.2, 0.25) is 0 Å². The third-order valence-corrected chi connectivity index (χ3v) is 3.36. The summed E-state index contributed by atoms with van der Waals surface area (Å²) >= 11 is 8.45. The van der Waals surface area contributed by atoms with Crippen LogP contribution < -0.4 is 4.74 Å². The highest BCUT2D eigenvalue weighted by atomic mass is 79.9. The molecule has 0 saturated heterocycles. The average Bonchev–Trinajstić information content (AvgIpc) is 2.79. The number of benzene rings is 1. The van der Waals surface area contributed by atoms with E-state index in [-0.39, 0.29) is 5.75 Å². The first kappa shape index (κ1) is 14.7. The number of ether oxygens (including phenoxy) is 1. The van der Waals surface area contributed by atoms with Gasteiger partial charge in [0, 0.05) is 16.5 Å². The van der Waals surface area contributed by atoms with Crippen molar-refractivity contribution in [3.63, 3.8) is 0 Å². The molecule has 0 aliphatic heterocycles. The minimum atomic E-state index is 0.0208. The fraction of sp³-hybridized carbons (Fsp3) is 0.250. The van der Waals surface area contributed by atoms with Gasteiger partial charge in [-0.15, -0.1) is 0 Å². The monoisotopic (exact) mass is 356 g/mol. The van der Waals surface area contributed by atoms with E-state index < -0.39 is 0 Å². The van der Waals surface area contributed by atoms with Crippen LogP contribution in [0, 0.1) is 4.77 Å². The first-order valence-electron chi connectivity index (χ1n) is 5.84. The van der Waals surface area contributed by atoms with Crippen molar-refractivity contribution in [2.45, 2.75) is 13.3 Å². The fourth-order valence-electron chi connectivity index (χ4n) is 1.64. The van der Waals surface area contributed by atoms with Crippen LogP contribution in [0.5, 0.6) is 11.5 Å². The molecule has 0 aliphatic carbocycles. The number of aryl methyl sites for hydroxylation is 1. The molecule has 0 unspecified atom stereocenters.